The number of benzene rings is 1. The lowest BCUT2D eigenvalue weighted by molar-refractivity contribution is -0.136. The van der Waals surface area contributed by atoms with Gasteiger partial charge in [-0.15, -0.1) is 0 Å². The van der Waals surface area contributed by atoms with Gasteiger partial charge in [0.2, 0.25) is 5.88 Å². The van der Waals surface area contributed by atoms with Gasteiger partial charge in [0.1, 0.15) is 11.9 Å². The molecular formula is C18H20BrF3N2O2. The topological polar surface area (TPSA) is 57.4 Å². The van der Waals surface area contributed by atoms with E-state index in [0.29, 0.717) is 10.9 Å². The van der Waals surface area contributed by atoms with E-state index in [9.17, 15) is 13.2 Å². The number of alkyl halides is 3. The van der Waals surface area contributed by atoms with Gasteiger partial charge >= 0.3 is 6.18 Å². The summed E-state index contributed by atoms with van der Waals surface area (Å²) in [5.41, 5.74) is 5.36. The minimum absolute atomic E-state index is 0.0642. The van der Waals surface area contributed by atoms with Crippen LogP contribution in [0.5, 0.6) is 11.6 Å². The number of hydrogen-bond acceptors (Lipinski definition) is 4. The van der Waals surface area contributed by atoms with Gasteiger partial charge in [0.05, 0.1) is 27.0 Å². The number of fused-ring (bicyclic) bond motifs is 1. The summed E-state index contributed by atoms with van der Waals surface area (Å²) in [6.45, 7) is 3.47. The van der Waals surface area contributed by atoms with Crippen molar-refractivity contribution in [3.8, 4) is 11.6 Å². The fourth-order valence-electron chi connectivity index (χ4n) is 3.14. The molecule has 0 spiro atoms. The van der Waals surface area contributed by atoms with Gasteiger partial charge in [0, 0.05) is 12.1 Å². The van der Waals surface area contributed by atoms with Gasteiger partial charge in [0.25, 0.3) is 0 Å². The highest BCUT2D eigenvalue weighted by molar-refractivity contribution is 9.10. The monoisotopic (exact) mass is 432 g/mol. The molecule has 2 N–H and O–H groups in total. The van der Waals surface area contributed by atoms with Gasteiger partial charge in [0.15, 0.2) is 0 Å². The van der Waals surface area contributed by atoms with Crippen molar-refractivity contribution in [2.24, 2.45) is 5.73 Å². The Labute approximate surface area is 158 Å². The predicted molar refractivity (Wildman–Crippen MR) is 96.5 cm³/mol. The van der Waals surface area contributed by atoms with E-state index in [0.717, 1.165) is 18.9 Å². The van der Waals surface area contributed by atoms with E-state index in [4.69, 9.17) is 15.2 Å². The lowest BCUT2D eigenvalue weighted by Crippen LogP contribution is -2.33. The second kappa shape index (κ2) is 7.23. The van der Waals surface area contributed by atoms with Gasteiger partial charge in [-0.3, -0.25) is 0 Å². The molecule has 0 bridgehead atoms. The first-order chi connectivity index (χ1) is 12.2. The van der Waals surface area contributed by atoms with Gasteiger partial charge < -0.3 is 15.2 Å². The highest BCUT2D eigenvalue weighted by Crippen LogP contribution is 2.44. The Balaban J connectivity index is 2.18. The molecule has 1 aliphatic rings. The van der Waals surface area contributed by atoms with Gasteiger partial charge in [-0.25, -0.2) is 4.98 Å². The normalized spacial score (nSPS) is 20.8. The molecule has 1 fully saturated rings. The minimum atomic E-state index is -4.58. The molecule has 1 unspecified atom stereocenters. The largest absolute Gasteiger partial charge is 0.487 e. The van der Waals surface area contributed by atoms with Crippen LogP contribution in [-0.4, -0.2) is 23.2 Å². The molecule has 0 saturated heterocycles. The van der Waals surface area contributed by atoms with Gasteiger partial charge in [-0.05, 0) is 61.2 Å². The highest BCUT2D eigenvalue weighted by atomic mass is 79.9. The average Bonchev–Trinajstić information content (AvgIpc) is 2.93. The molecule has 3 rings (SSSR count). The number of halogens is 4. The second-order valence-corrected chi connectivity index (χ2v) is 7.55. The van der Waals surface area contributed by atoms with Crippen LogP contribution in [0.15, 0.2) is 22.7 Å². The molecule has 26 heavy (non-hydrogen) atoms. The number of nitrogens with two attached hydrogens (primary N) is 1. The zero-order valence-corrected chi connectivity index (χ0v) is 16.0. The summed E-state index contributed by atoms with van der Waals surface area (Å²) in [5.74, 6) is 0.0615. The summed E-state index contributed by atoms with van der Waals surface area (Å²) in [6.07, 6.45) is -2.78. The van der Waals surface area contributed by atoms with E-state index in [1.807, 2.05) is 0 Å². The first-order valence-electron chi connectivity index (χ1n) is 8.46. The number of hydrogen-bond donors (Lipinski definition) is 1. The van der Waals surface area contributed by atoms with Gasteiger partial charge in [-0.1, -0.05) is 0 Å². The van der Waals surface area contributed by atoms with Crippen LogP contribution >= 0.6 is 15.9 Å². The Morgan fingerprint density at radius 3 is 2.58 bits per heavy atom. The molecular weight excluding hydrogens is 413 g/mol. The molecule has 1 aromatic heterocycles. The molecule has 8 heteroatoms. The van der Waals surface area contributed by atoms with Crippen molar-refractivity contribution in [1.82, 2.24) is 4.98 Å². The van der Waals surface area contributed by atoms with Crippen LogP contribution in [0.4, 0.5) is 13.2 Å². The van der Waals surface area contributed by atoms with Gasteiger partial charge in [-0.2, -0.15) is 13.2 Å². The number of nitrogens with zero attached hydrogens (tertiary/aromatic N) is 1. The molecule has 1 aromatic carbocycles. The van der Waals surface area contributed by atoms with E-state index >= 15 is 0 Å². The third-order valence-electron chi connectivity index (χ3n) is 4.29. The van der Waals surface area contributed by atoms with Crippen molar-refractivity contribution in [1.29, 1.82) is 0 Å². The standard InChI is InChI=1S/C18H20BrF3N2O2/c1-9(2)25-15-8-10(18(20,21)22)16-13(24-15)7-6-11(19)17(16)26-14-5-3-4-12(14)23/h6-9,12,14H,3-5,23H2,1-2H3/t12-,14?/m1/s1. The van der Waals surface area contributed by atoms with E-state index < -0.39 is 11.7 Å². The Bertz CT molecular complexity index is 811. The zero-order chi connectivity index (χ0) is 19.1. The van der Waals surface area contributed by atoms with Crippen LogP contribution in [0.1, 0.15) is 38.7 Å². The number of pyridine rings is 1. The molecule has 1 saturated carbocycles. The lowest BCUT2D eigenvalue weighted by atomic mass is 10.1. The molecule has 0 aliphatic heterocycles. The molecule has 0 amide bonds. The van der Waals surface area contributed by atoms with E-state index in [2.05, 4.69) is 20.9 Å². The van der Waals surface area contributed by atoms with E-state index in [-0.39, 0.29) is 40.8 Å². The zero-order valence-electron chi connectivity index (χ0n) is 14.4. The van der Waals surface area contributed by atoms with Crippen LogP contribution in [0.2, 0.25) is 0 Å². The summed E-state index contributed by atoms with van der Waals surface area (Å²) < 4.78 is 53.0. The maximum absolute atomic E-state index is 13.8. The van der Waals surface area contributed by atoms with Crippen LogP contribution in [-0.2, 0) is 6.18 Å². The molecule has 2 atom stereocenters. The van der Waals surface area contributed by atoms with Crippen LogP contribution in [0.3, 0.4) is 0 Å². The van der Waals surface area contributed by atoms with E-state index in [1.54, 1.807) is 19.9 Å². The second-order valence-electron chi connectivity index (χ2n) is 6.69. The SMILES string of the molecule is CC(C)Oc1cc(C(F)(F)F)c2c(OC3CCC[C@H]3N)c(Br)ccc2n1. The summed E-state index contributed by atoms with van der Waals surface area (Å²) in [6, 6.07) is 3.88. The molecule has 0 radical (unpaired) electrons. The van der Waals surface area contributed by atoms with Crippen molar-refractivity contribution in [3.05, 3.63) is 28.2 Å². The quantitative estimate of drug-likeness (QED) is 0.733. The number of rotatable bonds is 4. The average molecular weight is 433 g/mol. The Hall–Kier alpha value is -1.54. The van der Waals surface area contributed by atoms with Crippen LogP contribution in [0.25, 0.3) is 10.9 Å². The number of aromatic nitrogens is 1. The third-order valence-corrected chi connectivity index (χ3v) is 4.91. The molecule has 4 nitrogen and oxygen atoms in total. The first kappa shape index (κ1) is 19.2. The van der Waals surface area contributed by atoms with Crippen molar-refractivity contribution in [2.75, 3.05) is 0 Å². The van der Waals surface area contributed by atoms with E-state index in [1.165, 1.54) is 6.07 Å². The summed E-state index contributed by atoms with van der Waals surface area (Å²) in [7, 11) is 0. The minimum Gasteiger partial charge on any atom is -0.487 e. The first-order valence-corrected chi connectivity index (χ1v) is 9.25. The summed E-state index contributed by atoms with van der Waals surface area (Å²) in [5, 5.41) is -0.0814. The third kappa shape index (κ3) is 3.91. The lowest BCUT2D eigenvalue weighted by Gasteiger charge is -2.22. The molecule has 142 valence electrons. The van der Waals surface area contributed by atoms with Crippen LogP contribution in [0, 0.1) is 0 Å². The number of ether oxygens (including phenoxy) is 2. The van der Waals surface area contributed by atoms with Crippen LogP contribution < -0.4 is 15.2 Å². The summed E-state index contributed by atoms with van der Waals surface area (Å²) in [4.78, 5) is 4.23. The maximum atomic E-state index is 13.8. The Kier molecular flexibility index (Phi) is 5.35. The highest BCUT2D eigenvalue weighted by Gasteiger charge is 2.36. The van der Waals surface area contributed by atoms with Crippen molar-refractivity contribution in [2.45, 2.75) is 57.5 Å². The summed E-state index contributed by atoms with van der Waals surface area (Å²) >= 11 is 3.31. The maximum Gasteiger partial charge on any atom is 0.417 e. The molecule has 1 aliphatic carbocycles. The fraction of sp³-hybridized carbons (Fsp3) is 0.500. The van der Waals surface area contributed by atoms with Crippen molar-refractivity contribution < 1.29 is 22.6 Å². The van der Waals surface area contributed by atoms with Crippen molar-refractivity contribution >= 4 is 26.8 Å². The predicted octanol–water partition coefficient (Wildman–Crippen LogP) is 5.06. The Morgan fingerprint density at radius 2 is 2.00 bits per heavy atom. The Morgan fingerprint density at radius 1 is 1.27 bits per heavy atom. The van der Waals surface area contributed by atoms with Crippen molar-refractivity contribution in [3.63, 3.8) is 0 Å². The fourth-order valence-corrected chi connectivity index (χ4v) is 3.56. The smallest absolute Gasteiger partial charge is 0.417 e. The molecule has 2 aromatic rings. The molecule has 1 heterocycles.